The first kappa shape index (κ1) is 20.7. The predicted octanol–water partition coefficient (Wildman–Crippen LogP) is 1.69. The van der Waals surface area contributed by atoms with Crippen LogP contribution in [0, 0.1) is 5.92 Å². The van der Waals surface area contributed by atoms with Gasteiger partial charge in [-0.15, -0.1) is 0 Å². The molecule has 1 saturated carbocycles. The summed E-state index contributed by atoms with van der Waals surface area (Å²) in [5, 5.41) is 2.79. The van der Waals surface area contributed by atoms with Crippen molar-refractivity contribution in [2.75, 3.05) is 32.9 Å². The molecule has 0 saturated heterocycles. The highest BCUT2D eigenvalue weighted by Crippen LogP contribution is 2.24. The standard InChI is InChI=1S/C18H28N2O5S/c1-2-24-13-14-25-16-7-9-17(10-8-16)26(22,23)20-12-11-19-18(21)15-5-3-4-6-15/h7-10,15,20H,2-6,11-14H2,1H3,(H,19,21). The summed E-state index contributed by atoms with van der Waals surface area (Å²) in [4.78, 5) is 12.1. The van der Waals surface area contributed by atoms with Crippen LogP contribution >= 0.6 is 0 Å². The smallest absolute Gasteiger partial charge is 0.240 e. The first-order valence-electron chi connectivity index (χ1n) is 9.11. The number of carbonyl (C=O) groups is 1. The fourth-order valence-corrected chi connectivity index (χ4v) is 3.90. The molecule has 1 amide bonds. The Hall–Kier alpha value is -1.64. The molecule has 0 radical (unpaired) electrons. The molecule has 1 fully saturated rings. The van der Waals surface area contributed by atoms with Crippen molar-refractivity contribution in [1.29, 1.82) is 0 Å². The summed E-state index contributed by atoms with van der Waals surface area (Å²) in [6.07, 6.45) is 4.04. The molecule has 0 aliphatic heterocycles. The molecule has 0 unspecified atom stereocenters. The molecule has 2 N–H and O–H groups in total. The van der Waals surface area contributed by atoms with Gasteiger partial charge in [-0.1, -0.05) is 12.8 Å². The Morgan fingerprint density at radius 3 is 2.46 bits per heavy atom. The van der Waals surface area contributed by atoms with Crippen LogP contribution in [0.5, 0.6) is 5.75 Å². The van der Waals surface area contributed by atoms with E-state index < -0.39 is 10.0 Å². The Balaban J connectivity index is 1.73. The maximum Gasteiger partial charge on any atom is 0.240 e. The lowest BCUT2D eigenvalue weighted by Gasteiger charge is -2.11. The van der Waals surface area contributed by atoms with Gasteiger partial charge in [-0.25, -0.2) is 13.1 Å². The summed E-state index contributed by atoms with van der Waals surface area (Å²) in [6, 6.07) is 6.22. The van der Waals surface area contributed by atoms with E-state index in [0.29, 0.717) is 25.6 Å². The van der Waals surface area contributed by atoms with Gasteiger partial charge in [0.2, 0.25) is 15.9 Å². The van der Waals surface area contributed by atoms with Crippen LogP contribution in [0.3, 0.4) is 0 Å². The van der Waals surface area contributed by atoms with Gasteiger partial charge in [0.05, 0.1) is 11.5 Å². The third-order valence-electron chi connectivity index (χ3n) is 4.28. The minimum atomic E-state index is -3.60. The molecule has 1 aromatic carbocycles. The fourth-order valence-electron chi connectivity index (χ4n) is 2.86. The quantitative estimate of drug-likeness (QED) is 0.566. The first-order chi connectivity index (χ1) is 12.5. The maximum atomic E-state index is 12.3. The second kappa shape index (κ2) is 10.5. The number of carbonyl (C=O) groups excluding carboxylic acids is 1. The van der Waals surface area contributed by atoms with E-state index in [4.69, 9.17) is 9.47 Å². The van der Waals surface area contributed by atoms with Gasteiger partial charge >= 0.3 is 0 Å². The average Bonchev–Trinajstić information content (AvgIpc) is 3.17. The van der Waals surface area contributed by atoms with Crippen LogP contribution in [0.1, 0.15) is 32.6 Å². The van der Waals surface area contributed by atoms with Crippen LogP contribution in [-0.2, 0) is 19.6 Å². The van der Waals surface area contributed by atoms with Crippen molar-refractivity contribution in [3.63, 3.8) is 0 Å². The molecule has 7 nitrogen and oxygen atoms in total. The Morgan fingerprint density at radius 2 is 1.81 bits per heavy atom. The van der Waals surface area contributed by atoms with Gasteiger partial charge in [0.15, 0.2) is 0 Å². The zero-order valence-corrected chi connectivity index (χ0v) is 16.0. The highest BCUT2D eigenvalue weighted by Gasteiger charge is 2.22. The summed E-state index contributed by atoms with van der Waals surface area (Å²) in [5.41, 5.74) is 0. The SMILES string of the molecule is CCOCCOc1ccc(S(=O)(=O)NCCNC(=O)C2CCCC2)cc1. The van der Waals surface area contributed by atoms with Gasteiger partial charge in [-0.2, -0.15) is 0 Å². The molecule has 26 heavy (non-hydrogen) atoms. The van der Waals surface area contributed by atoms with Crippen molar-refractivity contribution < 1.29 is 22.7 Å². The fraction of sp³-hybridized carbons (Fsp3) is 0.611. The molecule has 146 valence electrons. The Morgan fingerprint density at radius 1 is 1.12 bits per heavy atom. The number of benzene rings is 1. The highest BCUT2D eigenvalue weighted by atomic mass is 32.2. The van der Waals surface area contributed by atoms with E-state index in [1.165, 1.54) is 12.1 Å². The minimum Gasteiger partial charge on any atom is -0.491 e. The molecule has 0 bridgehead atoms. The minimum absolute atomic E-state index is 0.0234. The van der Waals surface area contributed by atoms with Crippen LogP contribution in [0.2, 0.25) is 0 Å². The second-order valence-corrected chi connectivity index (χ2v) is 7.95. The number of rotatable bonds is 11. The number of sulfonamides is 1. The lowest BCUT2D eigenvalue weighted by Crippen LogP contribution is -2.37. The van der Waals surface area contributed by atoms with Gasteiger partial charge in [0.25, 0.3) is 0 Å². The van der Waals surface area contributed by atoms with E-state index in [0.717, 1.165) is 25.7 Å². The van der Waals surface area contributed by atoms with Gasteiger partial charge in [0, 0.05) is 25.6 Å². The summed E-state index contributed by atoms with van der Waals surface area (Å²) in [7, 11) is -3.60. The number of amides is 1. The molecular formula is C18H28N2O5S. The second-order valence-electron chi connectivity index (χ2n) is 6.19. The molecular weight excluding hydrogens is 356 g/mol. The summed E-state index contributed by atoms with van der Waals surface area (Å²) in [5.74, 6) is 0.699. The predicted molar refractivity (Wildman–Crippen MR) is 98.6 cm³/mol. The van der Waals surface area contributed by atoms with Crippen LogP contribution in [0.4, 0.5) is 0 Å². The number of hydrogen-bond acceptors (Lipinski definition) is 5. The highest BCUT2D eigenvalue weighted by molar-refractivity contribution is 7.89. The lowest BCUT2D eigenvalue weighted by molar-refractivity contribution is -0.124. The van der Waals surface area contributed by atoms with Crippen LogP contribution in [0.15, 0.2) is 29.2 Å². The monoisotopic (exact) mass is 384 g/mol. The molecule has 0 heterocycles. The molecule has 1 aliphatic carbocycles. The summed E-state index contributed by atoms with van der Waals surface area (Å²) in [6.45, 7) is 3.89. The van der Waals surface area contributed by atoms with Crippen LogP contribution in [-0.4, -0.2) is 47.2 Å². The molecule has 1 aliphatic rings. The third-order valence-corrected chi connectivity index (χ3v) is 5.75. The first-order valence-corrected chi connectivity index (χ1v) is 10.6. The lowest BCUT2D eigenvalue weighted by atomic mass is 10.1. The van der Waals surface area contributed by atoms with Crippen molar-refractivity contribution in [2.24, 2.45) is 5.92 Å². The Kier molecular flexibility index (Phi) is 8.34. The maximum absolute atomic E-state index is 12.3. The molecule has 1 aromatic rings. The normalized spacial score (nSPS) is 15.1. The number of hydrogen-bond donors (Lipinski definition) is 2. The van der Waals surface area contributed by atoms with E-state index in [2.05, 4.69) is 10.0 Å². The van der Waals surface area contributed by atoms with Crippen molar-refractivity contribution in [3.8, 4) is 5.75 Å². The van der Waals surface area contributed by atoms with Crippen molar-refractivity contribution >= 4 is 15.9 Å². The van der Waals surface area contributed by atoms with Gasteiger partial charge in [0.1, 0.15) is 12.4 Å². The number of nitrogens with one attached hydrogen (secondary N) is 2. The van der Waals surface area contributed by atoms with E-state index >= 15 is 0 Å². The number of ether oxygens (including phenoxy) is 2. The van der Waals surface area contributed by atoms with Crippen molar-refractivity contribution in [1.82, 2.24) is 10.0 Å². The molecule has 8 heteroatoms. The van der Waals surface area contributed by atoms with Crippen LogP contribution < -0.4 is 14.8 Å². The Labute approximate surface area is 155 Å². The third kappa shape index (κ3) is 6.59. The molecule has 2 rings (SSSR count). The van der Waals surface area contributed by atoms with E-state index in [9.17, 15) is 13.2 Å². The van der Waals surface area contributed by atoms with Crippen molar-refractivity contribution in [2.45, 2.75) is 37.5 Å². The van der Waals surface area contributed by atoms with Gasteiger partial charge in [-0.05, 0) is 44.0 Å². The van der Waals surface area contributed by atoms with E-state index in [1.807, 2.05) is 6.92 Å². The van der Waals surface area contributed by atoms with Gasteiger partial charge in [-0.3, -0.25) is 4.79 Å². The average molecular weight is 384 g/mol. The van der Waals surface area contributed by atoms with E-state index in [-0.39, 0.29) is 29.8 Å². The molecule has 0 spiro atoms. The zero-order valence-electron chi connectivity index (χ0n) is 15.2. The summed E-state index contributed by atoms with van der Waals surface area (Å²) < 4.78 is 37.7. The van der Waals surface area contributed by atoms with E-state index in [1.54, 1.807) is 12.1 Å². The van der Waals surface area contributed by atoms with Crippen LogP contribution in [0.25, 0.3) is 0 Å². The summed E-state index contributed by atoms with van der Waals surface area (Å²) >= 11 is 0. The topological polar surface area (TPSA) is 93.7 Å². The zero-order chi connectivity index (χ0) is 18.8. The Bertz CT molecular complexity index is 655. The molecule has 0 atom stereocenters. The largest absolute Gasteiger partial charge is 0.491 e. The van der Waals surface area contributed by atoms with Crippen molar-refractivity contribution in [3.05, 3.63) is 24.3 Å². The molecule has 0 aromatic heterocycles. The van der Waals surface area contributed by atoms with Gasteiger partial charge < -0.3 is 14.8 Å².